The number of aromatic nitrogens is 1. The smallest absolute Gasteiger partial charge is 0.319 e. The highest BCUT2D eigenvalue weighted by Crippen LogP contribution is 2.17. The SMILES string of the molecule is CSCC(CCO)NC(=O)Nc1ccc2[nH]ccc2c1. The van der Waals surface area contributed by atoms with Gasteiger partial charge >= 0.3 is 6.03 Å². The molecule has 0 aliphatic rings. The van der Waals surface area contributed by atoms with Gasteiger partial charge in [-0.25, -0.2) is 4.79 Å². The van der Waals surface area contributed by atoms with Crippen LogP contribution in [0.5, 0.6) is 0 Å². The van der Waals surface area contributed by atoms with E-state index in [-0.39, 0.29) is 18.7 Å². The van der Waals surface area contributed by atoms with Crippen LogP contribution in [0.1, 0.15) is 6.42 Å². The minimum absolute atomic E-state index is 0.0222. The van der Waals surface area contributed by atoms with E-state index in [0.717, 1.165) is 22.3 Å². The van der Waals surface area contributed by atoms with Crippen LogP contribution in [0.3, 0.4) is 0 Å². The molecule has 0 saturated heterocycles. The molecule has 1 aromatic carbocycles. The number of fused-ring (bicyclic) bond motifs is 1. The monoisotopic (exact) mass is 293 g/mol. The van der Waals surface area contributed by atoms with Gasteiger partial charge in [0.05, 0.1) is 0 Å². The van der Waals surface area contributed by atoms with Gasteiger partial charge in [0.2, 0.25) is 0 Å². The van der Waals surface area contributed by atoms with Gasteiger partial charge < -0.3 is 20.7 Å². The van der Waals surface area contributed by atoms with Crippen LogP contribution >= 0.6 is 11.8 Å². The number of urea groups is 1. The Kier molecular flexibility index (Phi) is 5.31. The van der Waals surface area contributed by atoms with Gasteiger partial charge in [0.1, 0.15) is 0 Å². The van der Waals surface area contributed by atoms with E-state index in [0.29, 0.717) is 6.42 Å². The number of thioether (sulfide) groups is 1. The van der Waals surface area contributed by atoms with Gasteiger partial charge in [-0.1, -0.05) is 0 Å². The van der Waals surface area contributed by atoms with Gasteiger partial charge in [0.15, 0.2) is 0 Å². The van der Waals surface area contributed by atoms with Crippen molar-refractivity contribution in [3.8, 4) is 0 Å². The van der Waals surface area contributed by atoms with Crippen molar-refractivity contribution in [1.82, 2.24) is 10.3 Å². The van der Waals surface area contributed by atoms with Crippen molar-refractivity contribution in [1.29, 1.82) is 0 Å². The number of amides is 2. The average Bonchev–Trinajstić information content (AvgIpc) is 2.86. The van der Waals surface area contributed by atoms with E-state index in [1.54, 1.807) is 11.8 Å². The van der Waals surface area contributed by atoms with Crippen molar-refractivity contribution in [2.75, 3.05) is 23.9 Å². The van der Waals surface area contributed by atoms with Crippen molar-refractivity contribution in [2.24, 2.45) is 0 Å². The van der Waals surface area contributed by atoms with Gasteiger partial charge in [-0.2, -0.15) is 11.8 Å². The van der Waals surface area contributed by atoms with E-state index in [1.165, 1.54) is 0 Å². The van der Waals surface area contributed by atoms with Gasteiger partial charge in [-0.3, -0.25) is 0 Å². The molecule has 2 rings (SSSR count). The molecule has 20 heavy (non-hydrogen) atoms. The predicted molar refractivity (Wildman–Crippen MR) is 84.3 cm³/mol. The molecule has 0 aliphatic heterocycles. The lowest BCUT2D eigenvalue weighted by Gasteiger charge is -2.17. The Morgan fingerprint density at radius 2 is 2.30 bits per heavy atom. The summed E-state index contributed by atoms with van der Waals surface area (Å²) < 4.78 is 0. The highest BCUT2D eigenvalue weighted by Gasteiger charge is 2.11. The number of hydrogen-bond acceptors (Lipinski definition) is 3. The summed E-state index contributed by atoms with van der Waals surface area (Å²) in [4.78, 5) is 15.0. The number of anilines is 1. The minimum atomic E-state index is -0.243. The molecule has 4 N–H and O–H groups in total. The van der Waals surface area contributed by atoms with Crippen LogP contribution in [0.25, 0.3) is 10.9 Å². The maximum Gasteiger partial charge on any atom is 0.319 e. The fourth-order valence-electron chi connectivity index (χ4n) is 2.04. The maximum absolute atomic E-state index is 11.9. The summed E-state index contributed by atoms with van der Waals surface area (Å²) in [5, 5.41) is 15.7. The number of aliphatic hydroxyl groups excluding tert-OH is 1. The normalized spacial score (nSPS) is 12.3. The summed E-state index contributed by atoms with van der Waals surface area (Å²) in [6, 6.07) is 7.40. The highest BCUT2D eigenvalue weighted by atomic mass is 32.2. The van der Waals surface area contributed by atoms with Crippen LogP contribution in [-0.2, 0) is 0 Å². The largest absolute Gasteiger partial charge is 0.396 e. The minimum Gasteiger partial charge on any atom is -0.396 e. The van der Waals surface area contributed by atoms with Crippen molar-refractivity contribution in [3.05, 3.63) is 30.5 Å². The number of benzene rings is 1. The van der Waals surface area contributed by atoms with E-state index in [9.17, 15) is 4.79 Å². The molecule has 0 saturated carbocycles. The van der Waals surface area contributed by atoms with Crippen LogP contribution in [0.2, 0.25) is 0 Å². The third-order valence-corrected chi connectivity index (χ3v) is 3.73. The molecule has 6 heteroatoms. The molecule has 2 aromatic rings. The lowest BCUT2D eigenvalue weighted by Crippen LogP contribution is -2.40. The lowest BCUT2D eigenvalue weighted by molar-refractivity contribution is 0.241. The number of hydrogen-bond donors (Lipinski definition) is 4. The summed E-state index contributed by atoms with van der Waals surface area (Å²) in [5.74, 6) is 0.783. The Balaban J connectivity index is 1.95. The second kappa shape index (κ2) is 7.21. The second-order valence-corrected chi connectivity index (χ2v) is 5.45. The molecule has 1 atom stereocenters. The van der Waals surface area contributed by atoms with Crippen molar-refractivity contribution < 1.29 is 9.90 Å². The number of aliphatic hydroxyl groups is 1. The summed E-state index contributed by atoms with van der Waals surface area (Å²) in [6.45, 7) is 0.0703. The Hall–Kier alpha value is -1.66. The quantitative estimate of drug-likeness (QED) is 0.660. The van der Waals surface area contributed by atoms with Gasteiger partial charge in [0.25, 0.3) is 0 Å². The van der Waals surface area contributed by atoms with Crippen LogP contribution in [0.4, 0.5) is 10.5 Å². The number of carbonyl (C=O) groups excluding carboxylic acids is 1. The second-order valence-electron chi connectivity index (χ2n) is 4.54. The fourth-order valence-corrected chi connectivity index (χ4v) is 2.69. The molecular weight excluding hydrogens is 274 g/mol. The Morgan fingerprint density at radius 3 is 3.05 bits per heavy atom. The van der Waals surface area contributed by atoms with Crippen molar-refractivity contribution in [3.63, 3.8) is 0 Å². The first-order chi connectivity index (χ1) is 9.72. The molecular formula is C14H19N3O2S. The average molecular weight is 293 g/mol. The molecule has 0 spiro atoms. The van der Waals surface area contributed by atoms with Crippen LogP contribution in [0.15, 0.2) is 30.5 Å². The zero-order valence-electron chi connectivity index (χ0n) is 11.3. The van der Waals surface area contributed by atoms with Gasteiger partial charge in [0, 0.05) is 41.2 Å². The summed E-state index contributed by atoms with van der Waals surface area (Å²) in [7, 11) is 0. The Bertz CT molecular complexity index is 564. The summed E-state index contributed by atoms with van der Waals surface area (Å²) >= 11 is 1.64. The maximum atomic E-state index is 11.9. The zero-order valence-corrected chi connectivity index (χ0v) is 12.2. The molecule has 1 aromatic heterocycles. The molecule has 1 heterocycles. The molecule has 0 bridgehead atoms. The zero-order chi connectivity index (χ0) is 14.4. The fraction of sp³-hybridized carbons (Fsp3) is 0.357. The van der Waals surface area contributed by atoms with E-state index in [1.807, 2.05) is 36.7 Å². The molecule has 108 valence electrons. The van der Waals surface area contributed by atoms with E-state index in [4.69, 9.17) is 5.11 Å². The van der Waals surface area contributed by atoms with Crippen LogP contribution in [-0.4, -0.2) is 40.8 Å². The molecule has 0 radical (unpaired) electrons. The van der Waals surface area contributed by atoms with Gasteiger partial charge in [-0.15, -0.1) is 0 Å². The third-order valence-electron chi connectivity index (χ3n) is 2.99. The van der Waals surface area contributed by atoms with Gasteiger partial charge in [-0.05, 0) is 36.9 Å². The standard InChI is InChI=1S/C14H19N3O2S/c1-20-9-12(5-7-18)17-14(19)16-11-2-3-13-10(8-11)4-6-15-13/h2-4,6,8,12,15,18H,5,7,9H2,1H3,(H2,16,17,19). The lowest BCUT2D eigenvalue weighted by atomic mass is 10.2. The first-order valence-electron chi connectivity index (χ1n) is 6.47. The van der Waals surface area contributed by atoms with E-state index in [2.05, 4.69) is 15.6 Å². The van der Waals surface area contributed by atoms with Crippen molar-refractivity contribution >= 4 is 34.4 Å². The predicted octanol–water partition coefficient (Wildman–Crippen LogP) is 2.40. The molecule has 1 unspecified atom stereocenters. The number of H-pyrrole nitrogens is 1. The highest BCUT2D eigenvalue weighted by molar-refractivity contribution is 7.98. The molecule has 5 nitrogen and oxygen atoms in total. The molecule has 0 aliphatic carbocycles. The number of rotatable bonds is 6. The number of aromatic amines is 1. The molecule has 2 amide bonds. The number of nitrogens with one attached hydrogen (secondary N) is 3. The first kappa shape index (κ1) is 14.7. The summed E-state index contributed by atoms with van der Waals surface area (Å²) in [5.41, 5.74) is 1.79. The Morgan fingerprint density at radius 1 is 1.45 bits per heavy atom. The topological polar surface area (TPSA) is 77.2 Å². The first-order valence-corrected chi connectivity index (χ1v) is 7.87. The van der Waals surface area contributed by atoms with Crippen LogP contribution in [0, 0.1) is 0 Å². The Labute approximate surface area is 122 Å². The number of carbonyl (C=O) groups is 1. The third kappa shape index (κ3) is 3.91. The van der Waals surface area contributed by atoms with E-state index >= 15 is 0 Å². The van der Waals surface area contributed by atoms with Crippen molar-refractivity contribution in [2.45, 2.75) is 12.5 Å². The van der Waals surface area contributed by atoms with Crippen LogP contribution < -0.4 is 10.6 Å². The van der Waals surface area contributed by atoms with E-state index < -0.39 is 0 Å². The summed E-state index contributed by atoms with van der Waals surface area (Å²) in [6.07, 6.45) is 4.40. The molecule has 0 fully saturated rings.